The average Bonchev–Trinajstić information content (AvgIpc) is 3.43. The fourth-order valence-electron chi connectivity index (χ4n) is 3.22. The number of benzene rings is 1. The molecule has 1 unspecified atom stereocenters. The van der Waals surface area contributed by atoms with E-state index < -0.39 is 0 Å². The number of aromatic nitrogens is 3. The minimum absolute atomic E-state index is 0.161. The Morgan fingerprint density at radius 1 is 1.19 bits per heavy atom. The number of rotatable bonds is 8. The Labute approximate surface area is 194 Å². The lowest BCUT2D eigenvalue weighted by Crippen LogP contribution is -2.29. The van der Waals surface area contributed by atoms with Gasteiger partial charge in [-0.2, -0.15) is 11.8 Å². The van der Waals surface area contributed by atoms with Crippen LogP contribution < -0.4 is 5.32 Å². The maximum atomic E-state index is 12.7. The summed E-state index contributed by atoms with van der Waals surface area (Å²) in [4.78, 5) is 14.7. The van der Waals surface area contributed by atoms with Crippen LogP contribution in [0, 0.1) is 0 Å². The van der Waals surface area contributed by atoms with Gasteiger partial charge in [-0.05, 0) is 54.8 Å². The van der Waals surface area contributed by atoms with Crippen molar-refractivity contribution in [2.24, 2.45) is 0 Å². The summed E-state index contributed by atoms with van der Waals surface area (Å²) in [7, 11) is 0. The van der Waals surface area contributed by atoms with E-state index in [-0.39, 0.29) is 11.9 Å². The molecule has 0 spiro atoms. The van der Waals surface area contributed by atoms with Gasteiger partial charge in [0, 0.05) is 32.6 Å². The molecule has 1 amide bonds. The molecule has 31 heavy (non-hydrogen) atoms. The number of hydrogen-bond donors (Lipinski definition) is 1. The monoisotopic (exact) mass is 468 g/mol. The van der Waals surface area contributed by atoms with Gasteiger partial charge in [0.15, 0.2) is 11.5 Å². The molecule has 0 fully saturated rings. The molecule has 1 aromatic carbocycles. The fraction of sp³-hybridized carbons (Fsp3) is 0.174. The number of amides is 1. The van der Waals surface area contributed by atoms with Crippen LogP contribution >= 0.6 is 34.7 Å². The van der Waals surface area contributed by atoms with E-state index in [1.54, 1.807) is 29.2 Å². The number of carbonyl (C=O) groups excluding carboxylic acids is 1. The number of nitrogens with one attached hydrogen (secondary N) is 1. The van der Waals surface area contributed by atoms with Crippen molar-refractivity contribution in [1.82, 2.24) is 19.9 Å². The smallest absolute Gasteiger partial charge is 0.244 e. The van der Waals surface area contributed by atoms with Crippen LogP contribution in [-0.2, 0) is 4.79 Å². The molecule has 0 aliphatic rings. The largest absolute Gasteiger partial charge is 0.342 e. The highest BCUT2D eigenvalue weighted by Gasteiger charge is 2.19. The molecule has 4 aromatic rings. The minimum Gasteiger partial charge on any atom is -0.342 e. The first-order chi connectivity index (χ1) is 15.2. The number of halogens is 1. The van der Waals surface area contributed by atoms with Crippen LogP contribution in [0.4, 0.5) is 0 Å². The predicted octanol–water partition coefficient (Wildman–Crippen LogP) is 5.74. The van der Waals surface area contributed by atoms with E-state index in [0.717, 1.165) is 44.0 Å². The minimum atomic E-state index is -0.218. The third-order valence-corrected chi connectivity index (χ3v) is 6.80. The Morgan fingerprint density at radius 2 is 2.03 bits per heavy atom. The van der Waals surface area contributed by atoms with Gasteiger partial charge in [-0.1, -0.05) is 35.9 Å². The maximum Gasteiger partial charge on any atom is 0.244 e. The van der Waals surface area contributed by atoms with Crippen LogP contribution in [-0.4, -0.2) is 32.5 Å². The number of thioether (sulfide) groups is 1. The number of hydrogen-bond acceptors (Lipinski definition) is 5. The number of fused-ring (bicyclic) bond motifs is 1. The summed E-state index contributed by atoms with van der Waals surface area (Å²) >= 11 is 9.62. The van der Waals surface area contributed by atoms with Gasteiger partial charge in [-0.3, -0.25) is 9.20 Å². The van der Waals surface area contributed by atoms with Crippen molar-refractivity contribution in [3.8, 4) is 10.4 Å². The fourth-order valence-corrected chi connectivity index (χ4v) is 4.94. The molecule has 1 atom stereocenters. The topological polar surface area (TPSA) is 59.3 Å². The lowest BCUT2D eigenvalue weighted by Gasteiger charge is -2.15. The first-order valence-corrected chi connectivity index (χ1v) is 12.4. The molecule has 0 aliphatic carbocycles. The third kappa shape index (κ3) is 5.18. The molecule has 0 radical (unpaired) electrons. The Bertz CT molecular complexity index is 1220. The quantitative estimate of drug-likeness (QED) is 0.335. The van der Waals surface area contributed by atoms with Gasteiger partial charge >= 0.3 is 0 Å². The zero-order valence-corrected chi connectivity index (χ0v) is 19.3. The molecule has 0 bridgehead atoms. The zero-order chi connectivity index (χ0) is 21.6. The van der Waals surface area contributed by atoms with Gasteiger partial charge in [-0.15, -0.1) is 21.5 Å². The van der Waals surface area contributed by atoms with Crippen molar-refractivity contribution in [2.45, 2.75) is 12.5 Å². The molecule has 0 aliphatic heterocycles. The summed E-state index contributed by atoms with van der Waals surface area (Å²) in [6.45, 7) is 0. The molecule has 4 rings (SSSR count). The van der Waals surface area contributed by atoms with E-state index in [0.29, 0.717) is 0 Å². The molecule has 0 saturated heterocycles. The average molecular weight is 469 g/mol. The number of pyridine rings is 1. The van der Waals surface area contributed by atoms with E-state index in [9.17, 15) is 4.79 Å². The van der Waals surface area contributed by atoms with E-state index in [1.807, 2.05) is 77.5 Å². The second-order valence-corrected chi connectivity index (χ2v) is 9.35. The molecule has 5 nitrogen and oxygen atoms in total. The third-order valence-electron chi connectivity index (χ3n) is 4.74. The summed E-state index contributed by atoms with van der Waals surface area (Å²) < 4.78 is 1.92. The van der Waals surface area contributed by atoms with Gasteiger partial charge in [0.05, 0.1) is 6.04 Å². The molecule has 1 N–H and O–H groups in total. The number of nitrogens with zero attached hydrogens (tertiary/aromatic N) is 3. The lowest BCUT2D eigenvalue weighted by molar-refractivity contribution is -0.117. The molecule has 3 heterocycles. The van der Waals surface area contributed by atoms with Crippen LogP contribution in [0.5, 0.6) is 0 Å². The summed E-state index contributed by atoms with van der Waals surface area (Å²) in [5, 5.41) is 12.3. The first-order valence-electron chi connectivity index (χ1n) is 9.77. The van der Waals surface area contributed by atoms with E-state index in [2.05, 4.69) is 15.5 Å². The second-order valence-electron chi connectivity index (χ2n) is 6.84. The first kappa shape index (κ1) is 21.6. The van der Waals surface area contributed by atoms with Crippen molar-refractivity contribution in [2.75, 3.05) is 12.0 Å². The second kappa shape index (κ2) is 10.1. The van der Waals surface area contributed by atoms with Crippen LogP contribution in [0.25, 0.3) is 22.2 Å². The Hall–Kier alpha value is -2.61. The summed E-state index contributed by atoms with van der Waals surface area (Å²) in [5.41, 5.74) is 1.76. The van der Waals surface area contributed by atoms with Gasteiger partial charge in [-0.25, -0.2) is 0 Å². The van der Waals surface area contributed by atoms with Gasteiger partial charge in [0.1, 0.15) is 0 Å². The van der Waals surface area contributed by atoms with Crippen LogP contribution in [0.1, 0.15) is 23.2 Å². The standard InChI is InChI=1S/C23H21ClN4OS2/c1-30-15-13-19(23-27-26-21-8-4-5-14-28(21)23)25-22(29)12-10-16-9-11-20(31-16)17-6-2-3-7-18(17)24/h2-12,14,19H,13,15H2,1H3,(H,25,29)/b12-10+. The maximum absolute atomic E-state index is 12.7. The molecule has 0 saturated carbocycles. The Balaban J connectivity index is 1.48. The van der Waals surface area contributed by atoms with E-state index >= 15 is 0 Å². The van der Waals surface area contributed by atoms with Gasteiger partial charge < -0.3 is 5.32 Å². The van der Waals surface area contributed by atoms with Crippen LogP contribution in [0.15, 0.2) is 66.9 Å². The highest BCUT2D eigenvalue weighted by Crippen LogP contribution is 2.33. The van der Waals surface area contributed by atoms with Crippen molar-refractivity contribution in [1.29, 1.82) is 0 Å². The predicted molar refractivity (Wildman–Crippen MR) is 131 cm³/mol. The summed E-state index contributed by atoms with van der Waals surface area (Å²) in [5.74, 6) is 1.48. The van der Waals surface area contributed by atoms with Crippen molar-refractivity contribution < 1.29 is 4.79 Å². The Kier molecular flexibility index (Phi) is 7.06. The molecular formula is C23H21ClN4OS2. The van der Waals surface area contributed by atoms with E-state index in [1.165, 1.54) is 0 Å². The van der Waals surface area contributed by atoms with Crippen LogP contribution in [0.2, 0.25) is 5.02 Å². The Morgan fingerprint density at radius 3 is 2.87 bits per heavy atom. The zero-order valence-electron chi connectivity index (χ0n) is 16.9. The highest BCUT2D eigenvalue weighted by atomic mass is 35.5. The summed E-state index contributed by atoms with van der Waals surface area (Å²) in [6, 6.07) is 17.3. The molecule has 158 valence electrons. The van der Waals surface area contributed by atoms with E-state index in [4.69, 9.17) is 11.6 Å². The summed E-state index contributed by atoms with van der Waals surface area (Å²) in [6.07, 6.45) is 8.13. The highest BCUT2D eigenvalue weighted by molar-refractivity contribution is 7.98. The van der Waals surface area contributed by atoms with Crippen molar-refractivity contribution in [3.63, 3.8) is 0 Å². The normalized spacial score (nSPS) is 12.5. The SMILES string of the molecule is CSCCC(NC(=O)/C=C/c1ccc(-c2ccccc2Cl)s1)c1nnc2ccccn12. The van der Waals surface area contributed by atoms with Crippen molar-refractivity contribution >= 4 is 52.3 Å². The lowest BCUT2D eigenvalue weighted by atomic mass is 10.2. The molecular weight excluding hydrogens is 448 g/mol. The number of carbonyl (C=O) groups is 1. The van der Waals surface area contributed by atoms with Gasteiger partial charge in [0.25, 0.3) is 0 Å². The molecule has 3 aromatic heterocycles. The number of thiophene rings is 1. The molecule has 8 heteroatoms. The van der Waals surface area contributed by atoms with Crippen LogP contribution in [0.3, 0.4) is 0 Å². The van der Waals surface area contributed by atoms with Gasteiger partial charge in [0.2, 0.25) is 5.91 Å². The van der Waals surface area contributed by atoms with Crippen molar-refractivity contribution in [3.05, 3.63) is 82.6 Å².